The van der Waals surface area contributed by atoms with E-state index in [-0.39, 0.29) is 0 Å². The Morgan fingerprint density at radius 3 is 2.54 bits per heavy atom. The highest BCUT2D eigenvalue weighted by molar-refractivity contribution is 9.10. The summed E-state index contributed by atoms with van der Waals surface area (Å²) < 4.78 is 17.6. The van der Waals surface area contributed by atoms with E-state index in [2.05, 4.69) is 56.5 Å². The van der Waals surface area contributed by atoms with E-state index in [0.29, 0.717) is 13.2 Å². The fourth-order valence-corrected chi connectivity index (χ4v) is 3.51. The van der Waals surface area contributed by atoms with Gasteiger partial charge in [-0.25, -0.2) is 0 Å². The first-order valence-electron chi connectivity index (χ1n) is 8.87. The fourth-order valence-electron chi connectivity index (χ4n) is 3.02. The smallest absolute Gasteiger partial charge is 0.166 e. The van der Waals surface area contributed by atoms with Crippen molar-refractivity contribution >= 4 is 27.3 Å². The van der Waals surface area contributed by atoms with Gasteiger partial charge >= 0.3 is 0 Å². The van der Waals surface area contributed by atoms with Gasteiger partial charge < -0.3 is 24.4 Å². The Balaban J connectivity index is 1.69. The zero-order valence-electron chi connectivity index (χ0n) is 15.3. The van der Waals surface area contributed by atoms with Crippen molar-refractivity contribution in [3.8, 4) is 11.5 Å². The third kappa shape index (κ3) is 4.62. The molecular weight excluding hydrogens is 396 g/mol. The average Bonchev–Trinajstić information content (AvgIpc) is 2.69. The molecule has 0 radical (unpaired) electrons. The maximum Gasteiger partial charge on any atom is 0.166 e. The summed E-state index contributed by atoms with van der Waals surface area (Å²) in [6.45, 7) is 6.71. The molecule has 0 aromatic heterocycles. The van der Waals surface area contributed by atoms with Gasteiger partial charge in [-0.15, -0.1) is 0 Å². The molecule has 0 amide bonds. The summed E-state index contributed by atoms with van der Waals surface area (Å²) in [7, 11) is 1.66. The molecule has 5 nitrogen and oxygen atoms in total. The van der Waals surface area contributed by atoms with E-state index < -0.39 is 0 Å². The van der Waals surface area contributed by atoms with Crippen LogP contribution in [0.3, 0.4) is 0 Å². The van der Waals surface area contributed by atoms with Gasteiger partial charge in [0.05, 0.1) is 26.9 Å². The maximum atomic E-state index is 5.80. The third-order valence-corrected chi connectivity index (χ3v) is 4.79. The summed E-state index contributed by atoms with van der Waals surface area (Å²) in [5, 5.41) is 3.47. The normalized spacial score (nSPS) is 14.2. The number of ether oxygens (including phenoxy) is 3. The zero-order valence-corrected chi connectivity index (χ0v) is 16.8. The van der Waals surface area contributed by atoms with Crippen LogP contribution in [0.1, 0.15) is 12.5 Å². The SMILES string of the molecule is CCOc1c(CNc2ccc(N3CCOCC3)cc2)cc(Br)cc1OC. The van der Waals surface area contributed by atoms with E-state index in [1.54, 1.807) is 7.11 Å². The number of hydrogen-bond acceptors (Lipinski definition) is 5. The van der Waals surface area contributed by atoms with E-state index in [0.717, 1.165) is 53.5 Å². The van der Waals surface area contributed by atoms with Crippen LogP contribution < -0.4 is 19.7 Å². The van der Waals surface area contributed by atoms with Crippen molar-refractivity contribution in [2.75, 3.05) is 50.2 Å². The van der Waals surface area contributed by atoms with Crippen molar-refractivity contribution in [3.05, 3.63) is 46.4 Å². The van der Waals surface area contributed by atoms with Crippen molar-refractivity contribution in [3.63, 3.8) is 0 Å². The predicted molar refractivity (Wildman–Crippen MR) is 109 cm³/mol. The van der Waals surface area contributed by atoms with Crippen LogP contribution in [0, 0.1) is 0 Å². The summed E-state index contributed by atoms with van der Waals surface area (Å²) >= 11 is 3.54. The van der Waals surface area contributed by atoms with Crippen LogP contribution in [-0.4, -0.2) is 40.0 Å². The molecule has 1 saturated heterocycles. The molecule has 1 aliphatic heterocycles. The zero-order chi connectivity index (χ0) is 18.4. The molecule has 0 bridgehead atoms. The molecule has 0 atom stereocenters. The van der Waals surface area contributed by atoms with E-state index in [4.69, 9.17) is 14.2 Å². The first kappa shape index (κ1) is 18.9. The first-order chi connectivity index (χ1) is 12.7. The molecule has 2 aromatic rings. The second-order valence-corrected chi connectivity index (χ2v) is 6.94. The van der Waals surface area contributed by atoms with Gasteiger partial charge in [0, 0.05) is 41.0 Å². The summed E-state index contributed by atoms with van der Waals surface area (Å²) in [6.07, 6.45) is 0. The van der Waals surface area contributed by atoms with Gasteiger partial charge in [-0.3, -0.25) is 0 Å². The molecule has 1 fully saturated rings. The molecular formula is C20H25BrN2O3. The second-order valence-electron chi connectivity index (χ2n) is 6.03. The van der Waals surface area contributed by atoms with Crippen LogP contribution in [0.5, 0.6) is 11.5 Å². The lowest BCUT2D eigenvalue weighted by Crippen LogP contribution is -2.36. The molecule has 26 heavy (non-hydrogen) atoms. The lowest BCUT2D eigenvalue weighted by atomic mass is 10.1. The van der Waals surface area contributed by atoms with Crippen LogP contribution in [-0.2, 0) is 11.3 Å². The molecule has 140 valence electrons. The van der Waals surface area contributed by atoms with Gasteiger partial charge in [0.2, 0.25) is 0 Å². The lowest BCUT2D eigenvalue weighted by molar-refractivity contribution is 0.122. The standard InChI is InChI=1S/C20H25BrN2O3/c1-3-26-20-15(12-16(21)13-19(20)24-2)14-22-17-4-6-18(7-5-17)23-8-10-25-11-9-23/h4-7,12-13,22H,3,8-11,14H2,1-2H3. The topological polar surface area (TPSA) is 43.0 Å². The summed E-state index contributed by atoms with van der Waals surface area (Å²) in [4.78, 5) is 2.35. The first-order valence-corrected chi connectivity index (χ1v) is 9.66. The van der Waals surface area contributed by atoms with E-state index in [9.17, 15) is 0 Å². The molecule has 0 aliphatic carbocycles. The lowest BCUT2D eigenvalue weighted by Gasteiger charge is -2.29. The number of anilines is 2. The number of rotatable bonds is 7. The largest absolute Gasteiger partial charge is 0.493 e. The van der Waals surface area contributed by atoms with Gasteiger partial charge in [-0.05, 0) is 43.3 Å². The molecule has 2 aromatic carbocycles. The van der Waals surface area contributed by atoms with Gasteiger partial charge in [0.1, 0.15) is 0 Å². The van der Waals surface area contributed by atoms with E-state index in [1.807, 2.05) is 13.0 Å². The van der Waals surface area contributed by atoms with Crippen molar-refractivity contribution in [1.29, 1.82) is 0 Å². The minimum Gasteiger partial charge on any atom is -0.493 e. The van der Waals surface area contributed by atoms with Crippen molar-refractivity contribution in [2.45, 2.75) is 13.5 Å². The molecule has 0 unspecified atom stereocenters. The molecule has 1 N–H and O–H groups in total. The van der Waals surface area contributed by atoms with E-state index in [1.165, 1.54) is 5.69 Å². The van der Waals surface area contributed by atoms with Crippen LogP contribution in [0.15, 0.2) is 40.9 Å². The Hall–Kier alpha value is -1.92. The predicted octanol–water partition coefficient (Wildman–Crippen LogP) is 4.31. The molecule has 6 heteroatoms. The number of hydrogen-bond donors (Lipinski definition) is 1. The summed E-state index contributed by atoms with van der Waals surface area (Å²) in [6, 6.07) is 12.5. The monoisotopic (exact) mass is 420 g/mol. The highest BCUT2D eigenvalue weighted by Gasteiger charge is 2.13. The van der Waals surface area contributed by atoms with Crippen LogP contribution >= 0.6 is 15.9 Å². The minimum absolute atomic E-state index is 0.596. The van der Waals surface area contributed by atoms with Crippen molar-refractivity contribution < 1.29 is 14.2 Å². The van der Waals surface area contributed by atoms with Gasteiger partial charge in [0.15, 0.2) is 11.5 Å². The minimum atomic E-state index is 0.596. The van der Waals surface area contributed by atoms with Crippen LogP contribution in [0.25, 0.3) is 0 Å². The Bertz CT molecular complexity index is 716. The van der Waals surface area contributed by atoms with Gasteiger partial charge in [-0.1, -0.05) is 15.9 Å². The average molecular weight is 421 g/mol. The van der Waals surface area contributed by atoms with E-state index >= 15 is 0 Å². The van der Waals surface area contributed by atoms with Crippen molar-refractivity contribution in [2.24, 2.45) is 0 Å². The maximum absolute atomic E-state index is 5.80. The number of benzene rings is 2. The van der Waals surface area contributed by atoms with Crippen LogP contribution in [0.4, 0.5) is 11.4 Å². The molecule has 1 aliphatic rings. The fraction of sp³-hybridized carbons (Fsp3) is 0.400. The Labute approximate surface area is 163 Å². The Morgan fingerprint density at radius 2 is 1.88 bits per heavy atom. The third-order valence-electron chi connectivity index (χ3n) is 4.33. The number of methoxy groups -OCH3 is 1. The number of nitrogens with zero attached hydrogens (tertiary/aromatic N) is 1. The Morgan fingerprint density at radius 1 is 1.15 bits per heavy atom. The van der Waals surface area contributed by atoms with Gasteiger partial charge in [-0.2, -0.15) is 0 Å². The number of nitrogens with one attached hydrogen (secondary N) is 1. The molecule has 0 saturated carbocycles. The quantitative estimate of drug-likeness (QED) is 0.722. The van der Waals surface area contributed by atoms with Crippen molar-refractivity contribution in [1.82, 2.24) is 0 Å². The summed E-state index contributed by atoms with van der Waals surface area (Å²) in [5.41, 5.74) is 3.36. The summed E-state index contributed by atoms with van der Waals surface area (Å²) in [5.74, 6) is 1.52. The number of morpholine rings is 1. The molecule has 0 spiro atoms. The van der Waals surface area contributed by atoms with Gasteiger partial charge in [0.25, 0.3) is 0 Å². The Kier molecular flexibility index (Phi) is 6.63. The highest BCUT2D eigenvalue weighted by Crippen LogP contribution is 2.35. The van der Waals surface area contributed by atoms with Crippen LogP contribution in [0.2, 0.25) is 0 Å². The molecule has 3 rings (SSSR count). The number of halogens is 1. The molecule has 1 heterocycles. The second kappa shape index (κ2) is 9.14. The highest BCUT2D eigenvalue weighted by atomic mass is 79.9.